The van der Waals surface area contributed by atoms with Crippen LogP contribution in [0.3, 0.4) is 0 Å². The Morgan fingerprint density at radius 2 is 1.68 bits per heavy atom. The zero-order valence-electron chi connectivity index (χ0n) is 27.2. The number of carbonyl (C=O) groups is 3. The summed E-state index contributed by atoms with van der Waals surface area (Å²) in [4.78, 5) is 48.5. The van der Waals surface area contributed by atoms with Crippen molar-refractivity contribution in [3.8, 4) is 22.8 Å². The minimum absolute atomic E-state index is 0.0312. The van der Waals surface area contributed by atoms with E-state index in [1.165, 1.54) is 23.5 Å². The van der Waals surface area contributed by atoms with Gasteiger partial charge in [0.2, 0.25) is 5.91 Å². The molecule has 2 aromatic heterocycles. The van der Waals surface area contributed by atoms with Gasteiger partial charge in [0, 0.05) is 55.1 Å². The third-order valence-corrected chi connectivity index (χ3v) is 9.39. The summed E-state index contributed by atoms with van der Waals surface area (Å²) in [6, 6.07) is 15.0. The summed E-state index contributed by atoms with van der Waals surface area (Å²) in [7, 11) is -3.35. The molecular weight excluding hydrogens is 700 g/mol. The summed E-state index contributed by atoms with van der Waals surface area (Å²) in [5.41, 5.74) is 3.25. The van der Waals surface area contributed by atoms with Crippen LogP contribution in [0.25, 0.3) is 11.3 Å². The first-order valence-electron chi connectivity index (χ1n) is 15.1. The minimum Gasteiger partial charge on any atom is -0.475 e. The fourth-order valence-electron chi connectivity index (χ4n) is 4.80. The van der Waals surface area contributed by atoms with Gasteiger partial charge in [0.15, 0.2) is 15.0 Å². The van der Waals surface area contributed by atoms with E-state index in [-0.39, 0.29) is 17.2 Å². The van der Waals surface area contributed by atoms with E-state index >= 15 is 0 Å². The van der Waals surface area contributed by atoms with Gasteiger partial charge in [0.1, 0.15) is 11.5 Å². The van der Waals surface area contributed by atoms with E-state index in [1.54, 1.807) is 41.9 Å². The van der Waals surface area contributed by atoms with E-state index in [4.69, 9.17) is 14.6 Å². The Labute approximate surface area is 290 Å². The Hall–Kier alpha value is -4.87. The van der Waals surface area contributed by atoms with Gasteiger partial charge in [-0.25, -0.2) is 18.2 Å². The number of sulfone groups is 1. The third kappa shape index (κ3) is 10.6. The molecule has 0 spiro atoms. The smallest absolute Gasteiger partial charge is 0.475 e. The molecule has 0 atom stereocenters. The van der Waals surface area contributed by atoms with E-state index in [2.05, 4.69) is 27.1 Å². The summed E-state index contributed by atoms with van der Waals surface area (Å²) < 4.78 is 61.5. The highest BCUT2D eigenvalue weighted by Gasteiger charge is 2.38. The van der Waals surface area contributed by atoms with E-state index in [0.717, 1.165) is 31.5 Å². The number of thiazole rings is 1. The number of alkyl halides is 3. The Morgan fingerprint density at radius 1 is 1.02 bits per heavy atom. The number of nitrogens with one attached hydrogen (secondary N) is 1. The molecule has 0 radical (unpaired) electrons. The molecule has 4 aromatic rings. The van der Waals surface area contributed by atoms with Crippen molar-refractivity contribution in [1.29, 1.82) is 0 Å². The minimum atomic E-state index is -5.08. The maximum absolute atomic E-state index is 13.4. The van der Waals surface area contributed by atoms with Crippen LogP contribution in [0.4, 0.5) is 18.3 Å². The average molecular weight is 734 g/mol. The molecule has 1 aliphatic heterocycles. The number of anilines is 1. The largest absolute Gasteiger partial charge is 0.490 e. The molecule has 266 valence electrons. The third-order valence-electron chi connectivity index (χ3n) is 7.46. The monoisotopic (exact) mass is 733 g/mol. The molecule has 0 unspecified atom stereocenters. The summed E-state index contributed by atoms with van der Waals surface area (Å²) in [6.07, 6.45) is -2.07. The number of aryl methyl sites for hydroxylation is 1. The highest BCUT2D eigenvalue weighted by Crippen LogP contribution is 2.31. The number of nitrogens with zero attached hydrogens (tertiary/aromatic N) is 4. The zero-order valence-corrected chi connectivity index (χ0v) is 28.9. The van der Waals surface area contributed by atoms with Crippen LogP contribution in [0.2, 0.25) is 0 Å². The van der Waals surface area contributed by atoms with Gasteiger partial charge >= 0.3 is 12.1 Å². The van der Waals surface area contributed by atoms with E-state index in [9.17, 15) is 31.2 Å². The number of pyridine rings is 1. The van der Waals surface area contributed by atoms with E-state index in [1.807, 2.05) is 24.0 Å². The number of hydrogen-bond acceptors (Lipinski definition) is 10. The lowest BCUT2D eigenvalue weighted by Crippen LogP contribution is -2.48. The molecule has 1 aliphatic rings. The highest BCUT2D eigenvalue weighted by atomic mass is 32.2. The van der Waals surface area contributed by atoms with Gasteiger partial charge < -0.3 is 19.6 Å². The molecule has 1 saturated heterocycles. The second-order valence-electron chi connectivity index (χ2n) is 11.2. The van der Waals surface area contributed by atoms with Crippen LogP contribution in [0, 0.1) is 6.92 Å². The first-order chi connectivity index (χ1) is 23.5. The number of carboxylic acids is 1. The molecule has 2 N–H and O–H groups in total. The van der Waals surface area contributed by atoms with Gasteiger partial charge in [0.05, 0.1) is 22.7 Å². The number of benzene rings is 2. The van der Waals surface area contributed by atoms with Crippen LogP contribution in [-0.2, 0) is 25.8 Å². The van der Waals surface area contributed by atoms with Gasteiger partial charge in [-0.1, -0.05) is 13.0 Å². The molecule has 5 rings (SSSR count). The van der Waals surface area contributed by atoms with Crippen molar-refractivity contribution < 1.29 is 45.8 Å². The number of piperazine rings is 1. The number of rotatable bonds is 9. The fraction of sp³-hybridized carbons (Fsp3) is 0.303. The summed E-state index contributed by atoms with van der Waals surface area (Å²) in [6.45, 7) is 8.19. The van der Waals surface area contributed by atoms with E-state index in [0.29, 0.717) is 52.2 Å². The number of carbonyl (C=O) groups excluding carboxylic acids is 2. The molecule has 3 heterocycles. The quantitative estimate of drug-likeness (QED) is 0.231. The maximum Gasteiger partial charge on any atom is 0.490 e. The zero-order chi connectivity index (χ0) is 36.6. The second-order valence-corrected chi connectivity index (χ2v) is 14.0. The van der Waals surface area contributed by atoms with Gasteiger partial charge in [-0.15, -0.1) is 11.3 Å². The molecule has 0 saturated carbocycles. The number of halogens is 3. The predicted octanol–water partition coefficient (Wildman–Crippen LogP) is 5.30. The predicted molar refractivity (Wildman–Crippen MR) is 180 cm³/mol. The molecular formula is C33H34F3N5O7S2. The van der Waals surface area contributed by atoms with Crippen molar-refractivity contribution in [2.24, 2.45) is 0 Å². The first kappa shape index (κ1) is 37.9. The second kappa shape index (κ2) is 16.2. The normalized spacial score (nSPS) is 13.6. The van der Waals surface area contributed by atoms with Crippen LogP contribution in [0.15, 0.2) is 71.1 Å². The Morgan fingerprint density at radius 3 is 2.26 bits per heavy atom. The van der Waals surface area contributed by atoms with Crippen molar-refractivity contribution >= 4 is 44.1 Å². The van der Waals surface area contributed by atoms with Crippen molar-refractivity contribution in [3.05, 3.63) is 83.0 Å². The van der Waals surface area contributed by atoms with Gasteiger partial charge in [0.25, 0.3) is 5.91 Å². The van der Waals surface area contributed by atoms with Crippen molar-refractivity contribution in [2.75, 3.05) is 44.3 Å². The van der Waals surface area contributed by atoms with Gasteiger partial charge in [-0.05, 0) is 67.6 Å². The molecule has 1 fully saturated rings. The molecule has 2 aromatic carbocycles. The molecule has 50 heavy (non-hydrogen) atoms. The Bertz CT molecular complexity index is 1940. The average Bonchev–Trinajstić information content (AvgIpc) is 3.50. The molecule has 2 amide bonds. The first-order valence-corrected chi connectivity index (χ1v) is 17.9. The SMILES string of the molecule is CCN1CCN(C(=O)Cc2csc(NC(=O)c3cc(Oc4ccc(S(C)(=O)=O)cc4)cc(-c4ncccc4C)c3)n2)CC1.O=C(O)C(F)(F)F. The van der Waals surface area contributed by atoms with Crippen LogP contribution < -0.4 is 10.1 Å². The standard InChI is InChI=1S/C31H33N5O5S2.C2HF3O2/c1-4-35-12-14-36(15-13-35)28(37)19-24-20-42-31(33-24)34-30(38)23-16-22(29-21(2)6-5-11-32-29)17-26(18-23)41-25-7-9-27(10-8-25)43(3,39)40;3-2(4,5)1(6)7/h5-11,16-18,20H,4,12-15,19H2,1-3H3,(H,33,34,38);(H,6,7). The van der Waals surface area contributed by atoms with Crippen LogP contribution in [0.1, 0.15) is 28.5 Å². The molecule has 0 aliphatic carbocycles. The van der Waals surface area contributed by atoms with E-state index < -0.39 is 27.9 Å². The molecule has 17 heteroatoms. The lowest BCUT2D eigenvalue weighted by Gasteiger charge is -2.34. The fourth-order valence-corrected chi connectivity index (χ4v) is 6.14. The topological polar surface area (TPSA) is 159 Å². The lowest BCUT2D eigenvalue weighted by atomic mass is 10.0. The number of aromatic nitrogens is 2. The summed E-state index contributed by atoms with van der Waals surface area (Å²) >= 11 is 1.26. The van der Waals surface area contributed by atoms with Crippen molar-refractivity contribution in [3.63, 3.8) is 0 Å². The lowest BCUT2D eigenvalue weighted by molar-refractivity contribution is -0.192. The summed E-state index contributed by atoms with van der Waals surface area (Å²) in [5, 5.41) is 12.2. The number of likely N-dealkylation sites (N-methyl/N-ethyl adjacent to an activating group) is 1. The number of amides is 2. The van der Waals surface area contributed by atoms with Gasteiger partial charge in [-0.2, -0.15) is 13.2 Å². The summed E-state index contributed by atoms with van der Waals surface area (Å²) in [5.74, 6) is -2.32. The number of carboxylic acid groups (broad SMARTS) is 1. The highest BCUT2D eigenvalue weighted by molar-refractivity contribution is 7.90. The Balaban J connectivity index is 0.000000727. The van der Waals surface area contributed by atoms with Crippen LogP contribution in [0.5, 0.6) is 11.5 Å². The molecule has 12 nitrogen and oxygen atoms in total. The molecule has 0 bridgehead atoms. The van der Waals surface area contributed by atoms with Crippen LogP contribution in [-0.4, -0.2) is 96.2 Å². The van der Waals surface area contributed by atoms with Gasteiger partial charge in [-0.3, -0.25) is 19.9 Å². The van der Waals surface area contributed by atoms with Crippen molar-refractivity contribution in [1.82, 2.24) is 19.8 Å². The maximum atomic E-state index is 13.4. The van der Waals surface area contributed by atoms with Crippen molar-refractivity contribution in [2.45, 2.75) is 31.3 Å². The number of aliphatic carboxylic acids is 1. The Kier molecular flexibility index (Phi) is 12.3. The number of ether oxygens (including phenoxy) is 1. The van der Waals surface area contributed by atoms with Crippen LogP contribution >= 0.6 is 11.3 Å². The number of hydrogen-bond donors (Lipinski definition) is 2.